The quantitative estimate of drug-likeness (QED) is 0.366. The molecule has 1 aliphatic rings. The molecule has 1 aliphatic heterocycles. The molecule has 4 rings (SSSR count). The Hall–Kier alpha value is -3.41. The number of rotatable bonds is 10. The average molecular weight is 558 g/mol. The molecule has 202 valence electrons. The van der Waals surface area contributed by atoms with E-state index >= 15 is 0 Å². The molecule has 0 saturated carbocycles. The number of sulfonamides is 2. The maximum absolute atomic E-state index is 12.8. The highest BCUT2D eigenvalue weighted by molar-refractivity contribution is 7.92. The van der Waals surface area contributed by atoms with Crippen LogP contribution in [0, 0.1) is 6.92 Å². The number of nitrogens with one attached hydrogen (secondary N) is 2. The molecular formula is C27H31N3O6S2. The van der Waals surface area contributed by atoms with Gasteiger partial charge in [0.1, 0.15) is 12.4 Å². The lowest BCUT2D eigenvalue weighted by atomic mass is 10.1. The van der Waals surface area contributed by atoms with Crippen molar-refractivity contribution < 1.29 is 26.4 Å². The SMILES string of the molecule is Cc1cc(C(=O)NCCOc2ccc(S(=O)(=O)N3CCCCC3)cc2)ccc1NS(=O)(=O)c1ccccc1. The van der Waals surface area contributed by atoms with Crippen molar-refractivity contribution in [1.82, 2.24) is 9.62 Å². The lowest BCUT2D eigenvalue weighted by Crippen LogP contribution is -2.35. The molecule has 1 fully saturated rings. The lowest BCUT2D eigenvalue weighted by Gasteiger charge is -2.25. The number of carbonyl (C=O) groups is 1. The van der Waals surface area contributed by atoms with Gasteiger partial charge in [0, 0.05) is 18.7 Å². The molecular weight excluding hydrogens is 526 g/mol. The summed E-state index contributed by atoms with van der Waals surface area (Å²) >= 11 is 0. The molecule has 3 aromatic carbocycles. The molecule has 3 aromatic rings. The summed E-state index contributed by atoms with van der Waals surface area (Å²) in [5.41, 5.74) is 1.38. The van der Waals surface area contributed by atoms with E-state index in [9.17, 15) is 21.6 Å². The molecule has 9 nitrogen and oxygen atoms in total. The Balaban J connectivity index is 1.27. The minimum Gasteiger partial charge on any atom is -0.492 e. The van der Waals surface area contributed by atoms with E-state index in [0.717, 1.165) is 19.3 Å². The first-order valence-corrected chi connectivity index (χ1v) is 15.3. The van der Waals surface area contributed by atoms with Crippen LogP contribution in [0.3, 0.4) is 0 Å². The van der Waals surface area contributed by atoms with Gasteiger partial charge in [0.05, 0.1) is 22.0 Å². The molecule has 1 heterocycles. The van der Waals surface area contributed by atoms with Crippen molar-refractivity contribution in [2.24, 2.45) is 0 Å². The average Bonchev–Trinajstić information content (AvgIpc) is 2.93. The summed E-state index contributed by atoms with van der Waals surface area (Å²) in [5.74, 6) is 0.180. The van der Waals surface area contributed by atoms with Crippen molar-refractivity contribution in [2.45, 2.75) is 36.0 Å². The van der Waals surface area contributed by atoms with Crippen molar-refractivity contribution in [1.29, 1.82) is 0 Å². The molecule has 0 radical (unpaired) electrons. The van der Waals surface area contributed by atoms with Crippen LogP contribution in [0.15, 0.2) is 82.6 Å². The van der Waals surface area contributed by atoms with Crippen LogP contribution < -0.4 is 14.8 Å². The number of carbonyl (C=O) groups excluding carboxylic acids is 1. The van der Waals surface area contributed by atoms with Gasteiger partial charge in [0.25, 0.3) is 15.9 Å². The molecule has 0 aromatic heterocycles. The molecule has 0 unspecified atom stereocenters. The van der Waals surface area contributed by atoms with E-state index in [1.54, 1.807) is 55.5 Å². The van der Waals surface area contributed by atoms with Gasteiger partial charge in [-0.25, -0.2) is 16.8 Å². The standard InChI is InChI=1S/C27H31N3O6S2/c1-21-20-22(10-15-26(21)29-37(32,33)24-8-4-2-5-9-24)27(31)28-16-19-36-23-11-13-25(14-12-23)38(34,35)30-17-6-3-7-18-30/h2,4-5,8-15,20,29H,3,6-7,16-19H2,1H3,(H,28,31). The van der Waals surface area contributed by atoms with Crippen molar-refractivity contribution in [3.05, 3.63) is 83.9 Å². The number of nitrogens with zero attached hydrogens (tertiary/aromatic N) is 1. The van der Waals surface area contributed by atoms with Crippen LogP contribution >= 0.6 is 0 Å². The third-order valence-electron chi connectivity index (χ3n) is 6.22. The number of hydrogen-bond donors (Lipinski definition) is 2. The second-order valence-electron chi connectivity index (χ2n) is 8.99. The first-order chi connectivity index (χ1) is 18.2. The maximum atomic E-state index is 12.8. The van der Waals surface area contributed by atoms with E-state index in [1.165, 1.54) is 28.6 Å². The van der Waals surface area contributed by atoms with Crippen LogP contribution in [0.5, 0.6) is 5.75 Å². The number of aryl methyl sites for hydroxylation is 1. The Morgan fingerprint density at radius 3 is 2.21 bits per heavy atom. The monoisotopic (exact) mass is 557 g/mol. The molecule has 2 N–H and O–H groups in total. The minimum absolute atomic E-state index is 0.152. The van der Waals surface area contributed by atoms with Crippen molar-refractivity contribution in [3.8, 4) is 5.75 Å². The van der Waals surface area contributed by atoms with Crippen molar-refractivity contribution in [3.63, 3.8) is 0 Å². The maximum Gasteiger partial charge on any atom is 0.261 e. The van der Waals surface area contributed by atoms with Gasteiger partial charge in [-0.05, 0) is 79.9 Å². The van der Waals surface area contributed by atoms with Gasteiger partial charge in [-0.15, -0.1) is 0 Å². The van der Waals surface area contributed by atoms with E-state index in [-0.39, 0.29) is 28.8 Å². The van der Waals surface area contributed by atoms with Crippen LogP contribution in [0.25, 0.3) is 0 Å². The summed E-state index contributed by atoms with van der Waals surface area (Å²) in [7, 11) is -7.23. The first kappa shape index (κ1) is 27.6. The van der Waals surface area contributed by atoms with E-state index in [0.29, 0.717) is 35.7 Å². The van der Waals surface area contributed by atoms with Gasteiger partial charge >= 0.3 is 0 Å². The third kappa shape index (κ3) is 6.72. The number of ether oxygens (including phenoxy) is 1. The molecule has 11 heteroatoms. The Morgan fingerprint density at radius 2 is 1.55 bits per heavy atom. The predicted octanol–water partition coefficient (Wildman–Crippen LogP) is 3.78. The number of piperidine rings is 1. The van der Waals surface area contributed by atoms with E-state index < -0.39 is 20.0 Å². The Bertz CT molecular complexity index is 1470. The van der Waals surface area contributed by atoms with Crippen LogP contribution in [-0.2, 0) is 20.0 Å². The molecule has 1 amide bonds. The Kier molecular flexibility index (Phi) is 8.70. The normalized spacial score (nSPS) is 14.6. The highest BCUT2D eigenvalue weighted by atomic mass is 32.2. The second-order valence-corrected chi connectivity index (χ2v) is 12.6. The summed E-state index contributed by atoms with van der Waals surface area (Å²) in [5, 5.41) is 2.76. The molecule has 38 heavy (non-hydrogen) atoms. The van der Waals surface area contributed by atoms with Gasteiger partial charge in [-0.3, -0.25) is 9.52 Å². The Morgan fingerprint density at radius 1 is 0.868 bits per heavy atom. The topological polar surface area (TPSA) is 122 Å². The zero-order valence-electron chi connectivity index (χ0n) is 21.1. The number of hydrogen-bond acceptors (Lipinski definition) is 6. The molecule has 0 spiro atoms. The van der Waals surface area contributed by atoms with Crippen LogP contribution in [0.4, 0.5) is 5.69 Å². The fourth-order valence-corrected chi connectivity index (χ4v) is 6.79. The molecule has 0 bridgehead atoms. The Labute approximate surface area is 223 Å². The molecule has 1 saturated heterocycles. The van der Waals surface area contributed by atoms with E-state index in [2.05, 4.69) is 10.0 Å². The highest BCUT2D eigenvalue weighted by Gasteiger charge is 2.25. The number of amides is 1. The van der Waals surface area contributed by atoms with Gasteiger partial charge in [0.15, 0.2) is 0 Å². The number of anilines is 1. The zero-order chi connectivity index (χ0) is 27.2. The zero-order valence-corrected chi connectivity index (χ0v) is 22.7. The smallest absolute Gasteiger partial charge is 0.261 e. The van der Waals surface area contributed by atoms with Crippen LogP contribution in [-0.4, -0.2) is 53.3 Å². The summed E-state index contributed by atoms with van der Waals surface area (Å²) in [6.07, 6.45) is 2.81. The summed E-state index contributed by atoms with van der Waals surface area (Å²) < 4.78 is 60.4. The minimum atomic E-state index is -3.73. The number of benzene rings is 3. The largest absolute Gasteiger partial charge is 0.492 e. The second kappa shape index (κ2) is 12.0. The molecule has 0 atom stereocenters. The van der Waals surface area contributed by atoms with Gasteiger partial charge in [-0.2, -0.15) is 4.31 Å². The van der Waals surface area contributed by atoms with Crippen LogP contribution in [0.1, 0.15) is 35.2 Å². The van der Waals surface area contributed by atoms with E-state index in [4.69, 9.17) is 4.74 Å². The summed E-state index contributed by atoms with van der Waals surface area (Å²) in [6.45, 7) is 3.24. The summed E-state index contributed by atoms with van der Waals surface area (Å²) in [6, 6.07) is 19.1. The molecule has 0 aliphatic carbocycles. The van der Waals surface area contributed by atoms with Gasteiger partial charge in [-0.1, -0.05) is 24.6 Å². The van der Waals surface area contributed by atoms with E-state index in [1.807, 2.05) is 0 Å². The van der Waals surface area contributed by atoms with Gasteiger partial charge < -0.3 is 10.1 Å². The first-order valence-electron chi connectivity index (χ1n) is 12.4. The highest BCUT2D eigenvalue weighted by Crippen LogP contribution is 2.23. The lowest BCUT2D eigenvalue weighted by molar-refractivity contribution is 0.0947. The van der Waals surface area contributed by atoms with Crippen molar-refractivity contribution >= 4 is 31.6 Å². The summed E-state index contributed by atoms with van der Waals surface area (Å²) in [4.78, 5) is 12.9. The predicted molar refractivity (Wildman–Crippen MR) is 145 cm³/mol. The van der Waals surface area contributed by atoms with Gasteiger partial charge in [0.2, 0.25) is 10.0 Å². The fraction of sp³-hybridized carbons (Fsp3) is 0.296. The fourth-order valence-electron chi connectivity index (χ4n) is 4.12. The van der Waals surface area contributed by atoms with Crippen LogP contribution in [0.2, 0.25) is 0 Å². The third-order valence-corrected chi connectivity index (χ3v) is 9.51. The van der Waals surface area contributed by atoms with Crippen molar-refractivity contribution in [2.75, 3.05) is 31.0 Å².